The molecule has 0 radical (unpaired) electrons. The molecule has 8 heteroatoms. The van der Waals surface area contributed by atoms with Gasteiger partial charge in [-0.15, -0.1) is 0 Å². The van der Waals surface area contributed by atoms with Gasteiger partial charge in [-0.25, -0.2) is 4.79 Å². The van der Waals surface area contributed by atoms with Crippen LogP contribution in [0.1, 0.15) is 50.5 Å². The molecule has 168 valence electrons. The van der Waals surface area contributed by atoms with Crippen molar-refractivity contribution in [3.8, 4) is 17.0 Å². The molecule has 0 unspecified atom stereocenters. The summed E-state index contributed by atoms with van der Waals surface area (Å²) in [5, 5.41) is 2.54. The van der Waals surface area contributed by atoms with Crippen molar-refractivity contribution in [3.05, 3.63) is 50.8 Å². The van der Waals surface area contributed by atoms with Crippen LogP contribution < -0.4 is 15.2 Å². The lowest BCUT2D eigenvalue weighted by Crippen LogP contribution is -2.51. The molecule has 7 nitrogen and oxygen atoms in total. The van der Waals surface area contributed by atoms with Gasteiger partial charge in [-0.05, 0) is 52.3 Å². The summed E-state index contributed by atoms with van der Waals surface area (Å²) in [6, 6.07) is 5.19. The summed E-state index contributed by atoms with van der Waals surface area (Å²) in [5.74, 6) is -0.0496. The second kappa shape index (κ2) is 9.32. The van der Waals surface area contributed by atoms with Gasteiger partial charge < -0.3 is 19.2 Å². The van der Waals surface area contributed by atoms with E-state index in [1.165, 1.54) is 6.07 Å². The van der Waals surface area contributed by atoms with Crippen LogP contribution in [0.15, 0.2) is 29.2 Å². The third kappa shape index (κ3) is 4.88. The molecule has 0 bridgehead atoms. The minimum atomic E-state index is -0.626. The van der Waals surface area contributed by atoms with E-state index in [1.54, 1.807) is 13.1 Å². The van der Waals surface area contributed by atoms with Crippen molar-refractivity contribution in [2.24, 2.45) is 0 Å². The fraction of sp³-hybridized carbons (Fsp3) is 0.478. The molecule has 0 aliphatic carbocycles. The Morgan fingerprint density at radius 2 is 1.87 bits per heavy atom. The van der Waals surface area contributed by atoms with E-state index in [1.807, 2.05) is 23.7 Å². The van der Waals surface area contributed by atoms with E-state index in [2.05, 4.69) is 25.8 Å². The number of nitrogens with zero attached hydrogens (tertiary/aromatic N) is 2. The Hall–Kier alpha value is -2.51. The molecule has 3 rings (SSSR count). The van der Waals surface area contributed by atoms with Crippen molar-refractivity contribution in [1.82, 2.24) is 4.68 Å². The molecule has 1 aromatic heterocycles. The highest BCUT2D eigenvalue weighted by atomic mass is 35.5. The molecule has 1 aromatic carbocycles. The van der Waals surface area contributed by atoms with E-state index in [-0.39, 0.29) is 23.1 Å². The largest absolute Gasteiger partial charge is 0.490 e. The topological polar surface area (TPSA) is 70.0 Å². The Bertz CT molecular complexity index is 1030. The van der Waals surface area contributed by atoms with E-state index in [4.69, 9.17) is 25.8 Å². The van der Waals surface area contributed by atoms with Gasteiger partial charge in [0, 0.05) is 30.0 Å². The summed E-state index contributed by atoms with van der Waals surface area (Å²) >= 11 is 6.49. The lowest BCUT2D eigenvalue weighted by Gasteiger charge is -2.44. The molecule has 0 saturated carbocycles. The molecule has 31 heavy (non-hydrogen) atoms. The smallest absolute Gasteiger partial charge is 0.343 e. The van der Waals surface area contributed by atoms with Crippen molar-refractivity contribution < 1.29 is 19.0 Å². The summed E-state index contributed by atoms with van der Waals surface area (Å²) in [5.41, 5.74) is 1.80. The molecule has 0 N–H and O–H groups in total. The van der Waals surface area contributed by atoms with Gasteiger partial charge in [0.1, 0.15) is 17.9 Å². The lowest BCUT2D eigenvalue weighted by molar-refractivity contribution is 0.0523. The van der Waals surface area contributed by atoms with Gasteiger partial charge in [-0.3, -0.25) is 9.47 Å². The zero-order chi connectivity index (χ0) is 22.8. The summed E-state index contributed by atoms with van der Waals surface area (Å²) in [6.45, 7) is 12.1. The van der Waals surface area contributed by atoms with Crippen molar-refractivity contribution in [1.29, 1.82) is 0 Å². The Morgan fingerprint density at radius 3 is 2.52 bits per heavy atom. The molecular weight excluding hydrogens is 420 g/mol. The van der Waals surface area contributed by atoms with Crippen LogP contribution in [0.4, 0.5) is 0 Å². The summed E-state index contributed by atoms with van der Waals surface area (Å²) in [4.78, 5) is 25.0. The second-order valence-electron chi connectivity index (χ2n) is 8.22. The van der Waals surface area contributed by atoms with E-state index in [0.29, 0.717) is 42.8 Å². The Morgan fingerprint density at radius 1 is 1.13 bits per heavy atom. The maximum atomic E-state index is 12.7. The molecule has 2 aromatic rings. The number of hydrogen-bond donors (Lipinski definition) is 0. The fourth-order valence-electron chi connectivity index (χ4n) is 3.51. The molecule has 0 saturated heterocycles. The molecule has 0 fully saturated rings. The monoisotopic (exact) mass is 448 g/mol. The van der Waals surface area contributed by atoms with Crippen LogP contribution >= 0.6 is 11.6 Å². The van der Waals surface area contributed by atoms with E-state index < -0.39 is 5.97 Å². The maximum Gasteiger partial charge on any atom is 0.343 e. The summed E-state index contributed by atoms with van der Waals surface area (Å²) in [7, 11) is 0. The molecular formula is C23H29ClN2O5. The fourth-order valence-corrected chi connectivity index (χ4v) is 3.73. The molecule has 1 aliphatic heterocycles. The molecule has 2 heterocycles. The number of esters is 1. The van der Waals surface area contributed by atoms with Crippen molar-refractivity contribution in [2.75, 3.05) is 31.4 Å². The quantitative estimate of drug-likeness (QED) is 0.471. The number of benzene rings is 1. The van der Waals surface area contributed by atoms with Gasteiger partial charge in [0.05, 0.1) is 30.5 Å². The predicted octanol–water partition coefficient (Wildman–Crippen LogP) is 4.01. The Kier molecular flexibility index (Phi) is 6.96. The average molecular weight is 449 g/mol. The number of aromatic nitrogens is 1. The van der Waals surface area contributed by atoms with Crippen LogP contribution in [-0.4, -0.2) is 42.6 Å². The van der Waals surface area contributed by atoms with Gasteiger partial charge in [0.2, 0.25) is 0 Å². The van der Waals surface area contributed by atoms with Gasteiger partial charge in [0.15, 0.2) is 5.43 Å². The van der Waals surface area contributed by atoms with Crippen molar-refractivity contribution in [2.45, 2.75) is 46.7 Å². The molecule has 0 amide bonds. The minimum absolute atomic E-state index is 0.00488. The number of pyridine rings is 1. The number of ether oxygens (including phenoxy) is 3. The van der Waals surface area contributed by atoms with Gasteiger partial charge in [-0.2, -0.15) is 0 Å². The number of fused-ring (bicyclic) bond motifs is 3. The van der Waals surface area contributed by atoms with Crippen molar-refractivity contribution in [3.63, 3.8) is 0 Å². The first kappa shape index (κ1) is 23.2. The first-order valence-corrected chi connectivity index (χ1v) is 10.8. The first-order valence-electron chi connectivity index (χ1n) is 10.4. The van der Waals surface area contributed by atoms with Crippen LogP contribution in [-0.2, 0) is 16.0 Å². The van der Waals surface area contributed by atoms with Gasteiger partial charge in [-0.1, -0.05) is 11.6 Å². The van der Waals surface area contributed by atoms with Crippen LogP contribution in [0.2, 0.25) is 5.02 Å². The Balaban J connectivity index is 2.09. The SMILES string of the molecule is CCOCCOc1cc2c(cc1Cl)-c1cc(=O)c(C(=O)OCC)cn1N(C(C)(C)C)C2. The average Bonchev–Trinajstić information content (AvgIpc) is 2.70. The number of carbonyl (C=O) groups excluding carboxylic acids is 1. The van der Waals surface area contributed by atoms with Crippen LogP contribution in [0.25, 0.3) is 11.3 Å². The number of hydrogen-bond acceptors (Lipinski definition) is 6. The second-order valence-corrected chi connectivity index (χ2v) is 8.62. The number of halogens is 1. The third-order valence-electron chi connectivity index (χ3n) is 5.00. The first-order chi connectivity index (χ1) is 14.7. The van der Waals surface area contributed by atoms with Gasteiger partial charge in [0.25, 0.3) is 0 Å². The van der Waals surface area contributed by atoms with Gasteiger partial charge >= 0.3 is 5.97 Å². The normalized spacial score (nSPS) is 12.9. The summed E-state index contributed by atoms with van der Waals surface area (Å²) < 4.78 is 18.0. The van der Waals surface area contributed by atoms with Crippen LogP contribution in [0.5, 0.6) is 5.75 Å². The highest BCUT2D eigenvalue weighted by Gasteiger charge is 2.31. The predicted molar refractivity (Wildman–Crippen MR) is 121 cm³/mol. The third-order valence-corrected chi connectivity index (χ3v) is 5.30. The van der Waals surface area contributed by atoms with Crippen LogP contribution in [0, 0.1) is 0 Å². The lowest BCUT2D eigenvalue weighted by atomic mass is 9.97. The number of carbonyl (C=O) groups is 1. The molecule has 0 atom stereocenters. The summed E-state index contributed by atoms with van der Waals surface area (Å²) in [6.07, 6.45) is 1.56. The highest BCUT2D eigenvalue weighted by Crippen LogP contribution is 2.38. The zero-order valence-corrected chi connectivity index (χ0v) is 19.4. The minimum Gasteiger partial charge on any atom is -0.490 e. The maximum absolute atomic E-state index is 12.7. The molecule has 1 aliphatic rings. The van der Waals surface area contributed by atoms with E-state index in [9.17, 15) is 9.59 Å². The highest BCUT2D eigenvalue weighted by molar-refractivity contribution is 6.32. The van der Waals surface area contributed by atoms with Crippen LogP contribution in [0.3, 0.4) is 0 Å². The van der Waals surface area contributed by atoms with E-state index in [0.717, 1.165) is 11.1 Å². The van der Waals surface area contributed by atoms with Crippen molar-refractivity contribution >= 4 is 17.6 Å². The molecule has 0 spiro atoms. The number of rotatable bonds is 7. The zero-order valence-electron chi connectivity index (χ0n) is 18.7. The standard InChI is InChI=1S/C23H29ClN2O5/c1-6-29-8-9-31-21-10-15-13-26(23(3,4)5)25-14-17(22(28)30-7-2)20(27)12-19(25)16(15)11-18(21)24/h10-12,14H,6-9,13H2,1-5H3. The van der Waals surface area contributed by atoms with E-state index >= 15 is 0 Å². The Labute approximate surface area is 187 Å².